The molecule has 0 spiro atoms. The monoisotopic (exact) mass is 335 g/mol. The molecule has 2 rings (SSSR count). The lowest BCUT2D eigenvalue weighted by molar-refractivity contribution is 0.478. The van der Waals surface area contributed by atoms with Crippen LogP contribution < -0.4 is 4.74 Å². The Morgan fingerprint density at radius 3 is 2.53 bits per heavy atom. The van der Waals surface area contributed by atoms with Crippen molar-refractivity contribution in [1.29, 1.82) is 5.26 Å². The van der Waals surface area contributed by atoms with Gasteiger partial charge in [-0.05, 0) is 23.8 Å². The second-order valence-corrected chi connectivity index (χ2v) is 4.91. The molecule has 2 aromatic rings. The van der Waals surface area contributed by atoms with Crippen LogP contribution in [-0.2, 0) is 11.8 Å². The van der Waals surface area contributed by atoms with E-state index in [1.54, 1.807) is 6.07 Å². The number of benzene rings is 2. The Morgan fingerprint density at radius 2 is 1.89 bits per heavy atom. The first-order chi connectivity index (χ1) is 9.24. The Hall–Kier alpha value is -1.50. The third-order valence-corrected chi connectivity index (χ3v) is 3.52. The molecular formula is C15H11BrClNO. The first-order valence-electron chi connectivity index (χ1n) is 5.71. The minimum Gasteiger partial charge on any atom is -0.455 e. The van der Waals surface area contributed by atoms with Gasteiger partial charge in [0.25, 0.3) is 0 Å². The predicted molar refractivity (Wildman–Crippen MR) is 79.9 cm³/mol. The molecule has 0 aliphatic rings. The Kier molecular flexibility index (Phi) is 4.84. The van der Waals surface area contributed by atoms with Crippen molar-refractivity contribution < 1.29 is 4.74 Å². The zero-order chi connectivity index (χ0) is 13.7. The first kappa shape index (κ1) is 13.9. The van der Waals surface area contributed by atoms with Crippen molar-refractivity contribution in [3.05, 3.63) is 58.6 Å². The third kappa shape index (κ3) is 3.50. The lowest BCUT2D eigenvalue weighted by atomic mass is 10.1. The maximum atomic E-state index is 8.62. The van der Waals surface area contributed by atoms with Gasteiger partial charge in [0.15, 0.2) is 0 Å². The molecule has 0 saturated carbocycles. The number of hydrogen-bond acceptors (Lipinski definition) is 2. The van der Waals surface area contributed by atoms with E-state index < -0.39 is 0 Å². The SMILES string of the molecule is N#CCc1ccc(Oc2c(Cl)cccc2CBr)cc1. The zero-order valence-corrected chi connectivity index (χ0v) is 12.4. The van der Waals surface area contributed by atoms with E-state index in [0.717, 1.165) is 11.1 Å². The second kappa shape index (κ2) is 6.60. The predicted octanol–water partition coefficient (Wildman–Crippen LogP) is 5.09. The highest BCUT2D eigenvalue weighted by atomic mass is 79.9. The van der Waals surface area contributed by atoms with E-state index in [9.17, 15) is 0 Å². The van der Waals surface area contributed by atoms with Crippen molar-refractivity contribution in [2.75, 3.05) is 0 Å². The fraction of sp³-hybridized carbons (Fsp3) is 0.133. The van der Waals surface area contributed by atoms with E-state index >= 15 is 0 Å². The molecule has 4 heteroatoms. The molecule has 0 amide bonds. The van der Waals surface area contributed by atoms with Crippen LogP contribution in [0.15, 0.2) is 42.5 Å². The Labute approximate surface area is 125 Å². The summed E-state index contributed by atoms with van der Waals surface area (Å²) in [5.41, 5.74) is 1.96. The lowest BCUT2D eigenvalue weighted by Crippen LogP contribution is -1.91. The van der Waals surface area contributed by atoms with Crippen LogP contribution in [-0.4, -0.2) is 0 Å². The number of nitriles is 1. The smallest absolute Gasteiger partial charge is 0.150 e. The van der Waals surface area contributed by atoms with Gasteiger partial charge in [-0.25, -0.2) is 0 Å². The molecule has 0 heterocycles. The summed E-state index contributed by atoms with van der Waals surface area (Å²) in [5, 5.41) is 9.88. The van der Waals surface area contributed by atoms with Gasteiger partial charge >= 0.3 is 0 Å². The summed E-state index contributed by atoms with van der Waals surface area (Å²) in [6.45, 7) is 0. The van der Waals surface area contributed by atoms with Crippen molar-refractivity contribution in [1.82, 2.24) is 0 Å². The van der Waals surface area contributed by atoms with Crippen molar-refractivity contribution in [2.45, 2.75) is 11.8 Å². The van der Waals surface area contributed by atoms with Gasteiger partial charge in [-0.2, -0.15) is 5.26 Å². The van der Waals surface area contributed by atoms with Gasteiger partial charge in [0.05, 0.1) is 17.5 Å². The van der Waals surface area contributed by atoms with E-state index in [2.05, 4.69) is 22.0 Å². The number of alkyl halides is 1. The van der Waals surface area contributed by atoms with Crippen LogP contribution in [0.4, 0.5) is 0 Å². The normalized spacial score (nSPS) is 9.95. The minimum atomic E-state index is 0.402. The molecule has 0 N–H and O–H groups in total. The Balaban J connectivity index is 2.24. The molecule has 96 valence electrons. The van der Waals surface area contributed by atoms with Crippen LogP contribution in [0.25, 0.3) is 0 Å². The van der Waals surface area contributed by atoms with Gasteiger partial charge in [0.1, 0.15) is 11.5 Å². The molecule has 0 aromatic heterocycles. The van der Waals surface area contributed by atoms with E-state index in [1.165, 1.54) is 0 Å². The second-order valence-electron chi connectivity index (χ2n) is 3.94. The number of halogens is 2. The van der Waals surface area contributed by atoms with Crippen LogP contribution in [0.2, 0.25) is 5.02 Å². The van der Waals surface area contributed by atoms with Gasteiger partial charge in [0.2, 0.25) is 0 Å². The third-order valence-electron chi connectivity index (χ3n) is 2.62. The maximum absolute atomic E-state index is 8.62. The van der Waals surface area contributed by atoms with E-state index in [-0.39, 0.29) is 0 Å². The molecular weight excluding hydrogens is 326 g/mol. The van der Waals surface area contributed by atoms with E-state index in [1.807, 2.05) is 36.4 Å². The summed E-state index contributed by atoms with van der Waals surface area (Å²) < 4.78 is 5.82. The summed E-state index contributed by atoms with van der Waals surface area (Å²) in [6.07, 6.45) is 0.402. The standard InChI is InChI=1S/C15H11BrClNO/c16-10-12-2-1-3-14(17)15(12)19-13-6-4-11(5-7-13)8-9-18/h1-7H,8,10H2. The van der Waals surface area contributed by atoms with Gasteiger partial charge in [0, 0.05) is 10.9 Å². The molecule has 0 aliphatic heterocycles. The number of rotatable bonds is 4. The summed E-state index contributed by atoms with van der Waals surface area (Å²) in [4.78, 5) is 0. The summed E-state index contributed by atoms with van der Waals surface area (Å²) in [5.74, 6) is 1.37. The lowest BCUT2D eigenvalue weighted by Gasteiger charge is -2.11. The molecule has 2 aromatic carbocycles. The number of para-hydroxylation sites is 1. The number of ether oxygens (including phenoxy) is 1. The van der Waals surface area contributed by atoms with Crippen molar-refractivity contribution in [3.8, 4) is 17.6 Å². The van der Waals surface area contributed by atoms with Crippen LogP contribution in [0.3, 0.4) is 0 Å². The topological polar surface area (TPSA) is 33.0 Å². The quantitative estimate of drug-likeness (QED) is 0.728. The Morgan fingerprint density at radius 1 is 1.16 bits per heavy atom. The fourth-order valence-electron chi connectivity index (χ4n) is 1.66. The molecule has 0 radical (unpaired) electrons. The molecule has 0 saturated heterocycles. The molecule has 19 heavy (non-hydrogen) atoms. The summed E-state index contributed by atoms with van der Waals surface area (Å²) in [7, 11) is 0. The molecule has 0 bridgehead atoms. The first-order valence-corrected chi connectivity index (χ1v) is 7.21. The zero-order valence-electron chi connectivity index (χ0n) is 10.1. The highest BCUT2D eigenvalue weighted by Crippen LogP contribution is 2.34. The maximum Gasteiger partial charge on any atom is 0.150 e. The van der Waals surface area contributed by atoms with E-state index in [4.69, 9.17) is 21.6 Å². The van der Waals surface area contributed by atoms with Gasteiger partial charge < -0.3 is 4.74 Å². The average Bonchev–Trinajstić information content (AvgIpc) is 2.43. The molecule has 0 unspecified atom stereocenters. The van der Waals surface area contributed by atoms with Crippen LogP contribution in [0.1, 0.15) is 11.1 Å². The number of hydrogen-bond donors (Lipinski definition) is 0. The van der Waals surface area contributed by atoms with Gasteiger partial charge in [-0.15, -0.1) is 0 Å². The van der Waals surface area contributed by atoms with Crippen LogP contribution in [0, 0.1) is 11.3 Å². The summed E-state index contributed by atoms with van der Waals surface area (Å²) >= 11 is 9.56. The highest BCUT2D eigenvalue weighted by Gasteiger charge is 2.08. The van der Waals surface area contributed by atoms with E-state index in [0.29, 0.717) is 28.3 Å². The fourth-order valence-corrected chi connectivity index (χ4v) is 2.33. The molecule has 0 fully saturated rings. The van der Waals surface area contributed by atoms with Crippen molar-refractivity contribution >= 4 is 27.5 Å². The molecule has 0 aliphatic carbocycles. The van der Waals surface area contributed by atoms with Crippen LogP contribution in [0.5, 0.6) is 11.5 Å². The Bertz CT molecular complexity index is 605. The average molecular weight is 337 g/mol. The van der Waals surface area contributed by atoms with Crippen molar-refractivity contribution in [2.24, 2.45) is 0 Å². The molecule has 0 atom stereocenters. The van der Waals surface area contributed by atoms with Crippen LogP contribution >= 0.6 is 27.5 Å². The summed E-state index contributed by atoms with van der Waals surface area (Å²) in [6, 6.07) is 15.2. The van der Waals surface area contributed by atoms with Gasteiger partial charge in [-0.3, -0.25) is 0 Å². The minimum absolute atomic E-state index is 0.402. The van der Waals surface area contributed by atoms with Gasteiger partial charge in [-0.1, -0.05) is 51.8 Å². The van der Waals surface area contributed by atoms with Crippen molar-refractivity contribution in [3.63, 3.8) is 0 Å². The largest absolute Gasteiger partial charge is 0.455 e. The molecule has 2 nitrogen and oxygen atoms in total. The highest BCUT2D eigenvalue weighted by molar-refractivity contribution is 9.08. The number of nitrogens with zero attached hydrogens (tertiary/aromatic N) is 1.